The Kier molecular flexibility index (Phi) is 5.64. The van der Waals surface area contributed by atoms with Crippen LogP contribution in [0.25, 0.3) is 0 Å². The van der Waals surface area contributed by atoms with Crippen molar-refractivity contribution in [2.45, 2.75) is 26.2 Å². The lowest BCUT2D eigenvalue weighted by Gasteiger charge is -2.15. The number of aryl methyl sites for hydroxylation is 1. The number of hydrogen-bond donors (Lipinski definition) is 1. The largest absolute Gasteiger partial charge is 0.497 e. The molecule has 2 aromatic carbocycles. The van der Waals surface area contributed by atoms with Gasteiger partial charge in [-0.3, -0.25) is 9.59 Å². The molecule has 1 heterocycles. The highest BCUT2D eigenvalue weighted by Crippen LogP contribution is 2.30. The van der Waals surface area contributed by atoms with Crippen molar-refractivity contribution in [2.75, 3.05) is 31.0 Å². The molecule has 0 spiro atoms. The minimum atomic E-state index is -0.0683. The molecule has 1 N–H and O–H groups in total. The lowest BCUT2D eigenvalue weighted by atomic mass is 10.1. The van der Waals surface area contributed by atoms with Crippen molar-refractivity contribution < 1.29 is 19.1 Å². The monoisotopic (exact) mass is 368 g/mol. The summed E-state index contributed by atoms with van der Waals surface area (Å²) in [6, 6.07) is 11.2. The molecule has 6 heteroatoms. The van der Waals surface area contributed by atoms with Gasteiger partial charge >= 0.3 is 0 Å². The molecule has 6 nitrogen and oxygen atoms in total. The van der Waals surface area contributed by atoms with Crippen LogP contribution < -0.4 is 19.7 Å². The average molecular weight is 368 g/mol. The van der Waals surface area contributed by atoms with E-state index in [2.05, 4.69) is 5.32 Å². The minimum absolute atomic E-state index is 0.0396. The van der Waals surface area contributed by atoms with Gasteiger partial charge in [-0.05, 0) is 60.4 Å². The Hall–Kier alpha value is -3.02. The van der Waals surface area contributed by atoms with E-state index in [9.17, 15) is 9.59 Å². The highest BCUT2D eigenvalue weighted by atomic mass is 16.5. The van der Waals surface area contributed by atoms with Crippen LogP contribution in [0, 0.1) is 0 Å². The summed E-state index contributed by atoms with van der Waals surface area (Å²) < 4.78 is 10.6. The number of fused-ring (bicyclic) bond motifs is 1. The van der Waals surface area contributed by atoms with Gasteiger partial charge < -0.3 is 19.7 Å². The number of hydrogen-bond acceptors (Lipinski definition) is 4. The molecular weight excluding hydrogens is 344 g/mol. The van der Waals surface area contributed by atoms with Crippen molar-refractivity contribution in [3.8, 4) is 11.5 Å². The second-order valence-corrected chi connectivity index (χ2v) is 6.49. The summed E-state index contributed by atoms with van der Waals surface area (Å²) in [6.07, 6.45) is 1.69. The van der Waals surface area contributed by atoms with Crippen LogP contribution in [0.4, 0.5) is 11.4 Å². The van der Waals surface area contributed by atoms with Crippen LogP contribution >= 0.6 is 0 Å². The van der Waals surface area contributed by atoms with E-state index in [0.717, 1.165) is 40.4 Å². The summed E-state index contributed by atoms with van der Waals surface area (Å²) in [4.78, 5) is 25.8. The summed E-state index contributed by atoms with van der Waals surface area (Å²) in [5, 5.41) is 2.94. The average Bonchev–Trinajstić information content (AvgIpc) is 3.09. The number of nitrogens with zero attached hydrogens (tertiary/aromatic N) is 1. The van der Waals surface area contributed by atoms with E-state index in [0.29, 0.717) is 19.4 Å². The first-order valence-corrected chi connectivity index (χ1v) is 8.93. The van der Waals surface area contributed by atoms with Crippen LogP contribution in [0.3, 0.4) is 0 Å². The molecule has 0 fully saturated rings. The molecular formula is C21H24N2O4. The predicted molar refractivity (Wildman–Crippen MR) is 105 cm³/mol. The molecule has 1 aliphatic rings. The number of rotatable bonds is 6. The molecule has 0 saturated heterocycles. The van der Waals surface area contributed by atoms with Gasteiger partial charge in [0.1, 0.15) is 11.5 Å². The molecule has 1 aliphatic heterocycles. The van der Waals surface area contributed by atoms with E-state index in [1.807, 2.05) is 36.4 Å². The van der Waals surface area contributed by atoms with Gasteiger partial charge in [0.2, 0.25) is 11.8 Å². The Morgan fingerprint density at radius 1 is 1.11 bits per heavy atom. The van der Waals surface area contributed by atoms with Gasteiger partial charge in [0, 0.05) is 31.3 Å². The third-order valence-corrected chi connectivity index (χ3v) is 4.75. The van der Waals surface area contributed by atoms with E-state index < -0.39 is 0 Å². The Labute approximate surface area is 159 Å². The SMILES string of the molecule is COc1ccc(OC)c(CCC(=O)Nc2ccc3c(c2)CCN3C(C)=O)c1. The summed E-state index contributed by atoms with van der Waals surface area (Å²) in [7, 11) is 3.22. The molecule has 0 saturated carbocycles. The fourth-order valence-corrected chi connectivity index (χ4v) is 3.36. The van der Waals surface area contributed by atoms with E-state index in [4.69, 9.17) is 9.47 Å². The first kappa shape index (κ1) is 18.8. The summed E-state index contributed by atoms with van der Waals surface area (Å²) >= 11 is 0. The maximum atomic E-state index is 12.4. The van der Waals surface area contributed by atoms with Gasteiger partial charge in [-0.2, -0.15) is 0 Å². The highest BCUT2D eigenvalue weighted by molar-refractivity contribution is 5.95. The highest BCUT2D eigenvalue weighted by Gasteiger charge is 2.22. The van der Waals surface area contributed by atoms with Gasteiger partial charge in [-0.25, -0.2) is 0 Å². The number of carbonyl (C=O) groups is 2. The van der Waals surface area contributed by atoms with Crippen molar-refractivity contribution in [3.63, 3.8) is 0 Å². The first-order chi connectivity index (χ1) is 13.0. The number of anilines is 2. The number of ether oxygens (including phenoxy) is 2. The number of carbonyl (C=O) groups excluding carboxylic acids is 2. The molecule has 0 atom stereocenters. The second-order valence-electron chi connectivity index (χ2n) is 6.49. The zero-order valence-electron chi connectivity index (χ0n) is 15.9. The number of methoxy groups -OCH3 is 2. The smallest absolute Gasteiger partial charge is 0.224 e. The molecule has 142 valence electrons. The fraction of sp³-hybridized carbons (Fsp3) is 0.333. The summed E-state index contributed by atoms with van der Waals surface area (Å²) in [6.45, 7) is 2.26. The normalized spacial score (nSPS) is 12.5. The topological polar surface area (TPSA) is 67.9 Å². The number of nitrogens with one attached hydrogen (secondary N) is 1. The van der Waals surface area contributed by atoms with Crippen molar-refractivity contribution >= 4 is 23.2 Å². The quantitative estimate of drug-likeness (QED) is 0.850. The molecule has 0 radical (unpaired) electrons. The zero-order chi connectivity index (χ0) is 19.4. The molecule has 0 aromatic heterocycles. The fourth-order valence-electron chi connectivity index (χ4n) is 3.36. The van der Waals surface area contributed by atoms with Crippen LogP contribution in [0.15, 0.2) is 36.4 Å². The van der Waals surface area contributed by atoms with Gasteiger partial charge in [0.25, 0.3) is 0 Å². The van der Waals surface area contributed by atoms with Crippen molar-refractivity contribution in [1.82, 2.24) is 0 Å². The van der Waals surface area contributed by atoms with Gasteiger partial charge in [0.05, 0.1) is 14.2 Å². The van der Waals surface area contributed by atoms with Crippen LogP contribution in [0.2, 0.25) is 0 Å². The van der Waals surface area contributed by atoms with Crippen LogP contribution in [0.1, 0.15) is 24.5 Å². The van der Waals surface area contributed by atoms with Gasteiger partial charge in [-0.15, -0.1) is 0 Å². The lowest BCUT2D eigenvalue weighted by Crippen LogP contribution is -2.25. The molecule has 27 heavy (non-hydrogen) atoms. The Bertz CT molecular complexity index is 863. The van der Waals surface area contributed by atoms with E-state index >= 15 is 0 Å². The molecule has 2 aromatic rings. The number of benzene rings is 2. The first-order valence-electron chi connectivity index (χ1n) is 8.93. The van der Waals surface area contributed by atoms with Crippen molar-refractivity contribution in [2.24, 2.45) is 0 Å². The number of amides is 2. The standard InChI is InChI=1S/C21H24N2O4/c1-14(24)23-11-10-15-12-17(5-7-19(15)23)22-21(25)9-4-16-13-18(26-2)6-8-20(16)27-3/h5-8,12-13H,4,9-11H2,1-3H3,(H,22,25). The van der Waals surface area contributed by atoms with Gasteiger partial charge in [0.15, 0.2) is 0 Å². The van der Waals surface area contributed by atoms with Gasteiger partial charge in [-0.1, -0.05) is 0 Å². The zero-order valence-corrected chi connectivity index (χ0v) is 15.9. The maximum absolute atomic E-state index is 12.4. The van der Waals surface area contributed by atoms with Crippen LogP contribution in [-0.4, -0.2) is 32.6 Å². The van der Waals surface area contributed by atoms with Crippen LogP contribution in [-0.2, 0) is 22.4 Å². The minimum Gasteiger partial charge on any atom is -0.497 e. The Morgan fingerprint density at radius 3 is 2.63 bits per heavy atom. The molecule has 3 rings (SSSR count). The maximum Gasteiger partial charge on any atom is 0.224 e. The van der Waals surface area contributed by atoms with E-state index in [1.165, 1.54) is 0 Å². The molecule has 0 bridgehead atoms. The summed E-state index contributed by atoms with van der Waals surface area (Å²) in [5.74, 6) is 1.45. The van der Waals surface area contributed by atoms with Crippen LogP contribution in [0.5, 0.6) is 11.5 Å². The van der Waals surface area contributed by atoms with E-state index in [-0.39, 0.29) is 11.8 Å². The Morgan fingerprint density at radius 2 is 1.93 bits per heavy atom. The third kappa shape index (κ3) is 4.22. The second kappa shape index (κ2) is 8.12. The lowest BCUT2D eigenvalue weighted by molar-refractivity contribution is -0.117. The molecule has 2 amide bonds. The predicted octanol–water partition coefficient (Wildman–Crippen LogP) is 3.18. The third-order valence-electron chi connectivity index (χ3n) is 4.75. The van der Waals surface area contributed by atoms with Crippen molar-refractivity contribution in [1.29, 1.82) is 0 Å². The summed E-state index contributed by atoms with van der Waals surface area (Å²) in [5.41, 5.74) is 3.69. The van der Waals surface area contributed by atoms with E-state index in [1.54, 1.807) is 26.0 Å². The molecule has 0 aliphatic carbocycles. The Balaban J connectivity index is 1.63. The van der Waals surface area contributed by atoms with Crippen molar-refractivity contribution in [3.05, 3.63) is 47.5 Å². The molecule has 0 unspecified atom stereocenters.